The maximum Gasteiger partial charge on any atom is 0.160 e. The van der Waals surface area contributed by atoms with Crippen LogP contribution in [0.4, 0.5) is 0 Å². The van der Waals surface area contributed by atoms with Gasteiger partial charge in [-0.25, -0.2) is 0 Å². The van der Waals surface area contributed by atoms with Crippen molar-refractivity contribution in [2.45, 2.75) is 67.2 Å². The molecule has 0 N–H and O–H groups in total. The molecule has 0 unspecified atom stereocenters. The first-order valence-corrected chi connectivity index (χ1v) is 12.1. The minimum Gasteiger partial charge on any atom is -0.493 e. The average molecular weight is 463 g/mol. The first-order valence-electron chi connectivity index (χ1n) is 12.1. The van der Waals surface area contributed by atoms with Crippen LogP contribution in [-0.4, -0.2) is 24.8 Å². The largest absolute Gasteiger partial charge is 0.493 e. The molecule has 0 radical (unpaired) electrons. The van der Waals surface area contributed by atoms with Crippen LogP contribution in [-0.2, 0) is 28.9 Å². The fraction of sp³-hybridized carbons (Fsp3) is 0.467. The Kier molecular flexibility index (Phi) is 8.01. The molecule has 0 saturated carbocycles. The summed E-state index contributed by atoms with van der Waals surface area (Å²) < 4.78 is 11.5. The number of hydrogen-bond donors (Lipinski definition) is 0. The van der Waals surface area contributed by atoms with Gasteiger partial charge in [0.25, 0.3) is 0 Å². The van der Waals surface area contributed by atoms with Crippen molar-refractivity contribution in [3.63, 3.8) is 0 Å². The minimum atomic E-state index is 0.144. The molecule has 0 atom stereocenters. The van der Waals surface area contributed by atoms with Gasteiger partial charge in [0, 0.05) is 19.3 Å². The molecule has 4 heteroatoms. The molecule has 2 aliphatic rings. The normalized spacial score (nSPS) is 15.1. The average Bonchev–Trinajstić information content (AvgIpc) is 2.75. The molecule has 182 valence electrons. The lowest BCUT2D eigenvalue weighted by molar-refractivity contribution is -0.118. The molecule has 0 saturated heterocycles. The van der Waals surface area contributed by atoms with Crippen LogP contribution in [0.3, 0.4) is 0 Å². The van der Waals surface area contributed by atoms with Gasteiger partial charge in [-0.15, -0.1) is 0 Å². The zero-order chi connectivity index (χ0) is 24.9. The fourth-order valence-corrected chi connectivity index (χ4v) is 3.69. The fourth-order valence-electron chi connectivity index (χ4n) is 3.69. The lowest BCUT2D eigenvalue weighted by Crippen LogP contribution is -2.17. The third-order valence-corrected chi connectivity index (χ3v) is 5.51. The molecule has 0 aromatic heterocycles. The van der Waals surface area contributed by atoms with E-state index in [-0.39, 0.29) is 16.6 Å². The van der Waals surface area contributed by atoms with Crippen LogP contribution in [0.25, 0.3) is 6.08 Å². The summed E-state index contributed by atoms with van der Waals surface area (Å²) >= 11 is 0. The van der Waals surface area contributed by atoms with Crippen LogP contribution in [0.15, 0.2) is 42.5 Å². The highest BCUT2D eigenvalue weighted by atomic mass is 16.5. The van der Waals surface area contributed by atoms with E-state index in [1.807, 2.05) is 36.4 Å². The minimum absolute atomic E-state index is 0.144. The van der Waals surface area contributed by atoms with Crippen LogP contribution in [0.2, 0.25) is 0 Å². The Hall–Kier alpha value is -2.88. The lowest BCUT2D eigenvalue weighted by Gasteiger charge is -2.20. The van der Waals surface area contributed by atoms with Crippen molar-refractivity contribution in [2.75, 3.05) is 13.2 Å². The van der Waals surface area contributed by atoms with Crippen molar-refractivity contribution in [2.24, 2.45) is 10.8 Å². The second-order valence-electron chi connectivity index (χ2n) is 11.7. The van der Waals surface area contributed by atoms with Gasteiger partial charge < -0.3 is 9.47 Å². The zero-order valence-corrected chi connectivity index (χ0v) is 21.5. The van der Waals surface area contributed by atoms with Crippen molar-refractivity contribution < 1.29 is 19.1 Å². The van der Waals surface area contributed by atoms with Gasteiger partial charge in [-0.1, -0.05) is 59.8 Å². The molecule has 4 rings (SSSR count). The number of carbonyl (C=O) groups excluding carboxylic acids is 2. The number of aryl methyl sites for hydroxylation is 1. The van der Waals surface area contributed by atoms with E-state index in [0.29, 0.717) is 38.3 Å². The summed E-state index contributed by atoms with van der Waals surface area (Å²) in [5.41, 5.74) is 4.93. The maximum atomic E-state index is 11.4. The van der Waals surface area contributed by atoms with E-state index in [1.54, 1.807) is 6.08 Å². The summed E-state index contributed by atoms with van der Waals surface area (Å²) in [6.45, 7) is 14.2. The Morgan fingerprint density at radius 2 is 1.26 bits per heavy atom. The first kappa shape index (κ1) is 25.7. The predicted octanol–water partition coefficient (Wildman–Crippen LogP) is 6.42. The molecule has 0 heterocycles. The summed E-state index contributed by atoms with van der Waals surface area (Å²) in [4.78, 5) is 22.7. The second kappa shape index (κ2) is 10.6. The summed E-state index contributed by atoms with van der Waals surface area (Å²) in [7, 11) is 0. The van der Waals surface area contributed by atoms with E-state index in [0.717, 1.165) is 34.6 Å². The van der Waals surface area contributed by atoms with Crippen LogP contribution in [0.5, 0.6) is 11.5 Å². The van der Waals surface area contributed by atoms with Gasteiger partial charge in [0.15, 0.2) is 5.78 Å². The molecule has 0 aliphatic heterocycles. The van der Waals surface area contributed by atoms with E-state index < -0.39 is 0 Å². The van der Waals surface area contributed by atoms with E-state index in [4.69, 9.17) is 9.47 Å². The Morgan fingerprint density at radius 1 is 0.676 bits per heavy atom. The van der Waals surface area contributed by atoms with E-state index in [1.165, 1.54) is 5.56 Å². The Labute approximate surface area is 204 Å². The number of fused-ring (bicyclic) bond motifs is 2. The van der Waals surface area contributed by atoms with Crippen LogP contribution < -0.4 is 9.47 Å². The highest BCUT2D eigenvalue weighted by Crippen LogP contribution is 2.26. The number of carbonyl (C=O) groups is 2. The van der Waals surface area contributed by atoms with Gasteiger partial charge in [-0.3, -0.25) is 9.59 Å². The van der Waals surface area contributed by atoms with Crippen LogP contribution in [0, 0.1) is 10.8 Å². The van der Waals surface area contributed by atoms with Crippen molar-refractivity contribution >= 4 is 17.6 Å². The highest BCUT2D eigenvalue weighted by Gasteiger charge is 2.17. The molecule has 0 bridgehead atoms. The van der Waals surface area contributed by atoms with Gasteiger partial charge in [0.05, 0.1) is 13.2 Å². The number of benzene rings is 2. The van der Waals surface area contributed by atoms with Gasteiger partial charge in [0.1, 0.15) is 17.3 Å². The smallest absolute Gasteiger partial charge is 0.160 e. The molecule has 0 amide bonds. The molecule has 2 aromatic carbocycles. The number of Topliss-reactive ketones (excluding diaryl/α,β-unsaturated/α-hetero) is 1. The van der Waals surface area contributed by atoms with Gasteiger partial charge >= 0.3 is 0 Å². The quantitative estimate of drug-likeness (QED) is 0.526. The second-order valence-corrected chi connectivity index (χ2v) is 11.7. The van der Waals surface area contributed by atoms with Crippen molar-refractivity contribution in [3.8, 4) is 11.5 Å². The number of allylic oxidation sites excluding steroid dienone is 1. The maximum absolute atomic E-state index is 11.4. The van der Waals surface area contributed by atoms with Gasteiger partial charge in [0.2, 0.25) is 0 Å². The molecule has 2 aromatic rings. The van der Waals surface area contributed by atoms with Crippen molar-refractivity contribution in [3.05, 3.63) is 64.7 Å². The Bertz CT molecular complexity index is 1060. The number of hydrogen-bond acceptors (Lipinski definition) is 4. The highest BCUT2D eigenvalue weighted by molar-refractivity contribution is 5.98. The van der Waals surface area contributed by atoms with Crippen molar-refractivity contribution in [1.29, 1.82) is 0 Å². The molecule has 34 heavy (non-hydrogen) atoms. The van der Waals surface area contributed by atoms with Crippen LogP contribution in [0.1, 0.15) is 70.2 Å². The summed E-state index contributed by atoms with van der Waals surface area (Å²) in [6.07, 6.45) is 6.14. The van der Waals surface area contributed by atoms with Crippen LogP contribution >= 0.6 is 0 Å². The van der Waals surface area contributed by atoms with E-state index in [9.17, 15) is 9.59 Å². The zero-order valence-electron chi connectivity index (χ0n) is 21.5. The Balaban J connectivity index is 0.000000191. The van der Waals surface area contributed by atoms with E-state index in [2.05, 4.69) is 47.6 Å². The standard InChI is InChI=1S/C15H20O2.C15H18O2/c2*1-15(2,3)10-17-14-7-5-11-4-6-13(16)8-12(11)9-14/h5,7,9H,4,6,8,10H2,1-3H3;4-7,9H,8,10H2,1-3H3. The summed E-state index contributed by atoms with van der Waals surface area (Å²) in [6, 6.07) is 12.1. The number of ketones is 2. The predicted molar refractivity (Wildman–Crippen MR) is 138 cm³/mol. The lowest BCUT2D eigenvalue weighted by atomic mass is 9.91. The molecular formula is C30H38O4. The van der Waals surface area contributed by atoms with Crippen molar-refractivity contribution in [1.82, 2.24) is 0 Å². The summed E-state index contributed by atoms with van der Waals surface area (Å²) in [5.74, 6) is 2.23. The third-order valence-electron chi connectivity index (χ3n) is 5.51. The first-order chi connectivity index (χ1) is 15.9. The third kappa shape index (κ3) is 8.16. The summed E-state index contributed by atoms with van der Waals surface area (Å²) in [5, 5.41) is 0. The SMILES string of the molecule is CC(C)(C)COc1ccc2c(c1)CC(=O)C=C2.CC(C)(C)COc1ccc2c(c1)CC(=O)CC2. The Morgan fingerprint density at radius 3 is 1.88 bits per heavy atom. The van der Waals surface area contributed by atoms with Gasteiger partial charge in [-0.05, 0) is 69.8 Å². The topological polar surface area (TPSA) is 52.6 Å². The number of ether oxygens (including phenoxy) is 2. The van der Waals surface area contributed by atoms with E-state index >= 15 is 0 Å². The molecule has 4 nitrogen and oxygen atoms in total. The van der Waals surface area contributed by atoms with Gasteiger partial charge in [-0.2, -0.15) is 0 Å². The monoisotopic (exact) mass is 462 g/mol. The number of rotatable bonds is 4. The molecular weight excluding hydrogens is 424 g/mol. The molecule has 2 aliphatic carbocycles. The molecule has 0 fully saturated rings. The molecule has 0 spiro atoms.